The van der Waals surface area contributed by atoms with E-state index in [9.17, 15) is 23.9 Å². The first-order valence-corrected chi connectivity index (χ1v) is 16.9. The van der Waals surface area contributed by atoms with Crippen LogP contribution in [0.15, 0.2) is 23.8 Å². The number of hydrogen-bond donors (Lipinski definition) is 6. The molecule has 0 aliphatic carbocycles. The number of aromatic amines is 1. The summed E-state index contributed by atoms with van der Waals surface area (Å²) in [5.41, 5.74) is 10.5. The van der Waals surface area contributed by atoms with Crippen LogP contribution in [0.2, 0.25) is 0 Å². The lowest BCUT2D eigenvalue weighted by Crippen LogP contribution is -2.33. The number of nitrogens with zero attached hydrogens (tertiary/aromatic N) is 7. The molecule has 6 rings (SSSR count). The molecule has 6 heterocycles. The van der Waals surface area contributed by atoms with E-state index in [2.05, 4.69) is 42.2 Å². The number of nitrogen functional groups attached to an aromatic ring is 2. The first-order valence-electron chi connectivity index (χ1n) is 12.8. The maximum absolute atomic E-state index is 15.6. The quantitative estimate of drug-likeness (QED) is 0.0924. The Labute approximate surface area is 254 Å². The van der Waals surface area contributed by atoms with Gasteiger partial charge in [-0.25, -0.2) is 33.3 Å². The molecule has 244 valence electrons. The smallest absolute Gasteiger partial charge is 0.387 e. The summed E-state index contributed by atoms with van der Waals surface area (Å²) in [6.07, 6.45) is -10.8. The van der Waals surface area contributed by atoms with E-state index >= 15 is 8.78 Å². The molecule has 2 fully saturated rings. The van der Waals surface area contributed by atoms with E-state index in [0.717, 1.165) is 21.8 Å². The van der Waals surface area contributed by atoms with Gasteiger partial charge in [0.15, 0.2) is 47.4 Å². The molecule has 2 aliphatic rings. The van der Waals surface area contributed by atoms with Crippen molar-refractivity contribution in [3.8, 4) is 0 Å². The zero-order valence-corrected chi connectivity index (χ0v) is 25.1. The summed E-state index contributed by atoms with van der Waals surface area (Å²) in [4.78, 5) is 44.7. The van der Waals surface area contributed by atoms with Gasteiger partial charge in [0.1, 0.15) is 36.3 Å². The van der Waals surface area contributed by atoms with Gasteiger partial charge in [-0.05, 0) is 0 Å². The van der Waals surface area contributed by atoms with Crippen LogP contribution in [0, 0.1) is 0 Å². The topological polar surface area (TPSA) is 280 Å². The molecule has 7 N–H and O–H groups in total. The van der Waals surface area contributed by atoms with E-state index < -0.39 is 83.0 Å². The Kier molecular flexibility index (Phi) is 8.67. The number of thiol groups is 1. The number of imidazole rings is 2. The molecule has 0 amide bonds. The fourth-order valence-corrected chi connectivity index (χ4v) is 6.38. The fraction of sp³-hybridized carbons (Fsp3) is 0.500. The van der Waals surface area contributed by atoms with Gasteiger partial charge in [0.2, 0.25) is 13.2 Å². The number of phosphoric ester groups is 1. The number of nitrogens with two attached hydrogens (primary N) is 2. The number of alkyl halides is 2. The van der Waals surface area contributed by atoms with Gasteiger partial charge in [-0.2, -0.15) is 4.98 Å². The number of rotatable bonds is 10. The third-order valence-corrected chi connectivity index (χ3v) is 8.76. The first-order chi connectivity index (χ1) is 21.3. The lowest BCUT2D eigenvalue weighted by atomic mass is 10.1. The van der Waals surface area contributed by atoms with Crippen molar-refractivity contribution in [1.82, 2.24) is 39.0 Å². The molecule has 4 aromatic heterocycles. The summed E-state index contributed by atoms with van der Waals surface area (Å²) < 4.78 is 83.6. The number of anilines is 2. The van der Waals surface area contributed by atoms with Gasteiger partial charge < -0.3 is 35.5 Å². The molecule has 45 heavy (non-hydrogen) atoms. The summed E-state index contributed by atoms with van der Waals surface area (Å²) in [6.45, 7) is -1.49. The standard InChI is InChI=1S/C20H24F2N10O10P2S/c21-8-6(1-38-43(35)45)40-19(32-5-28-11-16(32)29-20(24)30-17(11)34)13(8)42-44(36,37)39-2-7-12(33)9(22)18(41-7)31-4-27-10-14(23)25-3-26-15(10)31/h3-9,12-13,18-19,33,43H,1-2H2,(H,35,45)(H,36,37)(H2,23,25,26)(H3,24,29,30,34)/t6-,7-,8-,9+,12-,13-,18-,19-/m1/s1. The van der Waals surface area contributed by atoms with Crippen LogP contribution in [-0.2, 0) is 32.2 Å². The number of H-pyrrole nitrogens is 1. The molecule has 25 heteroatoms. The highest BCUT2D eigenvalue weighted by Crippen LogP contribution is 2.51. The van der Waals surface area contributed by atoms with Crippen LogP contribution in [0.25, 0.3) is 22.3 Å². The molecule has 0 saturated carbocycles. The summed E-state index contributed by atoms with van der Waals surface area (Å²) in [6, 6.07) is 0. The Morgan fingerprint density at radius 1 is 1.04 bits per heavy atom. The highest BCUT2D eigenvalue weighted by atomic mass is 32.7. The SMILES string of the molecule is Nc1nc2c(ncn2[C@@H]2O[C@H](CO[PH](=O)S)[C@@H](F)[C@H]2OP(=O)(O)OC[C@H]2O[C@@H](n3cnc4c(N)ncnc43)[C@@H](F)[C@@H]2O)c(=O)[nH]1. The lowest BCUT2D eigenvalue weighted by molar-refractivity contribution is -0.0587. The summed E-state index contributed by atoms with van der Waals surface area (Å²) in [5.74, 6) is -0.291. The fourth-order valence-electron chi connectivity index (χ4n) is 4.92. The Morgan fingerprint density at radius 3 is 2.47 bits per heavy atom. The summed E-state index contributed by atoms with van der Waals surface area (Å²) in [7, 11) is -8.06. The summed E-state index contributed by atoms with van der Waals surface area (Å²) >= 11 is 3.63. The average Bonchev–Trinajstić information content (AvgIpc) is 3.73. The molecule has 2 aliphatic heterocycles. The third kappa shape index (κ3) is 6.08. The van der Waals surface area contributed by atoms with Gasteiger partial charge in [-0.3, -0.25) is 32.5 Å². The predicted octanol–water partition coefficient (Wildman–Crippen LogP) is -0.206. The van der Waals surface area contributed by atoms with E-state index in [-0.39, 0.29) is 34.1 Å². The summed E-state index contributed by atoms with van der Waals surface area (Å²) in [5, 5.41) is 10.5. The number of halogens is 2. The minimum absolute atomic E-state index is 0.0230. The molecule has 2 unspecified atom stereocenters. The monoisotopic (exact) mass is 696 g/mol. The van der Waals surface area contributed by atoms with Crippen molar-refractivity contribution in [1.29, 1.82) is 0 Å². The number of aromatic nitrogens is 8. The van der Waals surface area contributed by atoms with Gasteiger partial charge in [-0.15, -0.1) is 0 Å². The number of ether oxygens (including phenoxy) is 2. The molecular weight excluding hydrogens is 672 g/mol. The van der Waals surface area contributed by atoms with Crippen LogP contribution >= 0.6 is 27.3 Å². The number of aliphatic hydroxyl groups is 1. The highest BCUT2D eigenvalue weighted by Gasteiger charge is 2.52. The first kappa shape index (κ1) is 31.9. The second-order valence-corrected chi connectivity index (χ2v) is 13.1. The van der Waals surface area contributed by atoms with Crippen molar-refractivity contribution in [2.45, 2.75) is 49.2 Å². The third-order valence-electron chi connectivity index (χ3n) is 6.97. The van der Waals surface area contributed by atoms with Crippen molar-refractivity contribution in [2.75, 3.05) is 24.7 Å². The average molecular weight is 696 g/mol. The Hall–Kier alpha value is -3.11. The van der Waals surface area contributed by atoms with Crippen LogP contribution in [-0.4, -0.2) is 99.0 Å². The van der Waals surface area contributed by atoms with Gasteiger partial charge in [0, 0.05) is 0 Å². The minimum atomic E-state index is -5.23. The zero-order valence-electron chi connectivity index (χ0n) is 22.4. The van der Waals surface area contributed by atoms with E-state index in [1.54, 1.807) is 0 Å². The molecule has 20 nitrogen and oxygen atoms in total. The van der Waals surface area contributed by atoms with E-state index in [4.69, 9.17) is 34.5 Å². The van der Waals surface area contributed by atoms with Gasteiger partial charge >= 0.3 is 7.82 Å². The molecule has 10 atom stereocenters. The predicted molar refractivity (Wildman–Crippen MR) is 151 cm³/mol. The van der Waals surface area contributed by atoms with E-state index in [0.29, 0.717) is 0 Å². The van der Waals surface area contributed by atoms with E-state index in [1.165, 1.54) is 6.33 Å². The largest absolute Gasteiger partial charge is 0.472 e. The minimum Gasteiger partial charge on any atom is -0.387 e. The van der Waals surface area contributed by atoms with Crippen LogP contribution in [0.4, 0.5) is 20.5 Å². The molecular formula is C20H24F2N10O10P2S. The van der Waals surface area contributed by atoms with Crippen molar-refractivity contribution >= 4 is 61.4 Å². The zero-order chi connectivity index (χ0) is 32.2. The molecule has 0 bridgehead atoms. The number of aliphatic hydroxyl groups excluding tert-OH is 1. The van der Waals surface area contributed by atoms with Crippen LogP contribution in [0.5, 0.6) is 0 Å². The molecule has 2 saturated heterocycles. The normalized spacial score (nSPS) is 30.7. The maximum atomic E-state index is 15.6. The number of nitrogens with one attached hydrogen (secondary N) is 1. The second-order valence-electron chi connectivity index (χ2n) is 9.78. The maximum Gasteiger partial charge on any atom is 0.472 e. The van der Waals surface area contributed by atoms with Crippen molar-refractivity contribution in [2.24, 2.45) is 0 Å². The Morgan fingerprint density at radius 2 is 1.73 bits per heavy atom. The lowest BCUT2D eigenvalue weighted by Gasteiger charge is -2.24. The Balaban J connectivity index is 1.20. The van der Waals surface area contributed by atoms with Crippen molar-refractivity contribution in [3.05, 3.63) is 29.3 Å². The Bertz CT molecular complexity index is 1870. The highest BCUT2D eigenvalue weighted by molar-refractivity contribution is 8.39. The molecule has 0 radical (unpaired) electrons. The van der Waals surface area contributed by atoms with Crippen LogP contribution in [0.3, 0.4) is 0 Å². The van der Waals surface area contributed by atoms with E-state index in [1.807, 2.05) is 0 Å². The van der Waals surface area contributed by atoms with Crippen molar-refractivity contribution < 1.29 is 51.0 Å². The van der Waals surface area contributed by atoms with Crippen LogP contribution in [0.1, 0.15) is 12.5 Å². The van der Waals surface area contributed by atoms with Crippen LogP contribution < -0.4 is 17.0 Å². The molecule has 0 spiro atoms. The van der Waals surface area contributed by atoms with Gasteiger partial charge in [0.05, 0.1) is 25.9 Å². The van der Waals surface area contributed by atoms with Crippen molar-refractivity contribution in [3.63, 3.8) is 0 Å². The molecule has 0 aromatic carbocycles. The van der Waals surface area contributed by atoms with Gasteiger partial charge in [0.25, 0.3) is 5.56 Å². The number of hydrogen-bond acceptors (Lipinski definition) is 16. The molecule has 4 aromatic rings. The number of phosphoric acid groups is 1. The number of fused-ring (bicyclic) bond motifs is 2. The van der Waals surface area contributed by atoms with Gasteiger partial charge in [-0.1, -0.05) is 12.2 Å². The second kappa shape index (κ2) is 12.2.